The number of amides is 3. The van der Waals surface area contributed by atoms with Gasteiger partial charge >= 0.3 is 12.1 Å². The van der Waals surface area contributed by atoms with Crippen LogP contribution in [0.2, 0.25) is 0 Å². The van der Waals surface area contributed by atoms with E-state index >= 15 is 14.4 Å². The minimum atomic E-state index is -2.07. The molecule has 3 heterocycles. The number of morpholine rings is 1. The molecule has 0 saturated carbocycles. The molecule has 0 radical (unpaired) electrons. The molecule has 6 unspecified atom stereocenters. The summed E-state index contributed by atoms with van der Waals surface area (Å²) < 4.78 is 28.9. The van der Waals surface area contributed by atoms with Gasteiger partial charge in [0.15, 0.2) is 0 Å². The number of fused-ring (bicyclic) bond motifs is 3. The average Bonchev–Trinajstić information content (AvgIpc) is 3.78. The molecule has 1 spiro atoms. The number of imide groups is 1. The molecule has 13 heteroatoms. The highest BCUT2D eigenvalue weighted by Crippen LogP contribution is 2.66. The van der Waals surface area contributed by atoms with Gasteiger partial charge in [-0.15, -0.1) is 6.58 Å². The minimum absolute atomic E-state index is 0.00000234. The highest BCUT2D eigenvalue weighted by atomic mass is 16.6. The first-order valence-electron chi connectivity index (χ1n) is 20.9. The molecule has 2 saturated heterocycles. The number of methoxy groups -OCH3 is 2. The predicted molar refractivity (Wildman–Crippen MR) is 236 cm³/mol. The number of esters is 1. The number of carbonyl (C=O) groups is 4. The molecular weight excluding hydrogens is 815 g/mol. The maximum Gasteiger partial charge on any atom is 0.421 e. The SMILES string of the molecule is C=CCNC(=O)C1C2C(=O)OC(c3ccccc3)C(c3ccccc3)N2C(c2ccccc2OCCO)C12C(=O)N(C(=O)OCCOC)c1ccc(C#Cc3ccc(OC)cc3)cc12. The van der Waals surface area contributed by atoms with Crippen LogP contribution in [-0.4, -0.2) is 87.1 Å². The number of hydrogen-bond donors (Lipinski definition) is 2. The topological polar surface area (TPSA) is 153 Å². The fourth-order valence-electron chi connectivity index (χ4n) is 9.31. The summed E-state index contributed by atoms with van der Waals surface area (Å²) in [5.41, 5.74) is 1.31. The number of nitrogens with zero attached hydrogens (tertiary/aromatic N) is 2. The molecule has 6 atom stereocenters. The molecule has 0 bridgehead atoms. The quantitative estimate of drug-likeness (QED) is 0.0601. The van der Waals surface area contributed by atoms with E-state index in [9.17, 15) is 9.90 Å². The van der Waals surface area contributed by atoms with Crippen LogP contribution in [0.1, 0.15) is 51.6 Å². The van der Waals surface area contributed by atoms with Crippen molar-refractivity contribution < 1.29 is 48.0 Å². The van der Waals surface area contributed by atoms with E-state index in [1.807, 2.05) is 77.7 Å². The molecule has 5 aromatic carbocycles. The number of cyclic esters (lactones) is 1. The summed E-state index contributed by atoms with van der Waals surface area (Å²) in [7, 11) is 3.04. The van der Waals surface area contributed by atoms with Crippen molar-refractivity contribution in [1.82, 2.24) is 10.2 Å². The van der Waals surface area contributed by atoms with Gasteiger partial charge in [-0.2, -0.15) is 0 Å². The summed E-state index contributed by atoms with van der Waals surface area (Å²) in [6, 6.07) is 34.5. The van der Waals surface area contributed by atoms with E-state index in [1.165, 1.54) is 13.2 Å². The minimum Gasteiger partial charge on any atom is -0.497 e. The monoisotopic (exact) mass is 861 g/mol. The zero-order valence-electron chi connectivity index (χ0n) is 35.3. The Bertz CT molecular complexity index is 2590. The summed E-state index contributed by atoms with van der Waals surface area (Å²) in [6.07, 6.45) is -0.429. The normalized spacial score (nSPS) is 22.1. The number of ether oxygens (including phenoxy) is 5. The summed E-state index contributed by atoms with van der Waals surface area (Å²) >= 11 is 0. The average molecular weight is 862 g/mol. The van der Waals surface area contributed by atoms with E-state index in [4.69, 9.17) is 23.7 Å². The van der Waals surface area contributed by atoms with E-state index < -0.39 is 59.4 Å². The Hall–Kier alpha value is -7.24. The van der Waals surface area contributed by atoms with E-state index in [-0.39, 0.29) is 44.2 Å². The molecule has 0 aromatic heterocycles. The van der Waals surface area contributed by atoms with Crippen molar-refractivity contribution in [3.05, 3.63) is 173 Å². The highest BCUT2D eigenvalue weighted by Gasteiger charge is 2.76. The number of para-hydroxylation sites is 1. The first kappa shape index (κ1) is 43.4. The summed E-state index contributed by atoms with van der Waals surface area (Å²) in [5.74, 6) is 3.60. The Labute approximate surface area is 371 Å². The Balaban J connectivity index is 1.46. The lowest BCUT2D eigenvalue weighted by Crippen LogP contribution is -2.55. The predicted octanol–water partition coefficient (Wildman–Crippen LogP) is 6.22. The van der Waals surface area contributed by atoms with Crippen LogP contribution < -0.4 is 19.7 Å². The first-order chi connectivity index (χ1) is 31.3. The van der Waals surface area contributed by atoms with Gasteiger partial charge < -0.3 is 34.1 Å². The third-order valence-corrected chi connectivity index (χ3v) is 11.9. The van der Waals surface area contributed by atoms with Crippen LogP contribution in [0.15, 0.2) is 140 Å². The van der Waals surface area contributed by atoms with Crippen LogP contribution >= 0.6 is 0 Å². The van der Waals surface area contributed by atoms with Gasteiger partial charge in [0.1, 0.15) is 42.3 Å². The van der Waals surface area contributed by atoms with Crippen molar-refractivity contribution >= 4 is 29.6 Å². The van der Waals surface area contributed by atoms with E-state index in [2.05, 4.69) is 23.7 Å². The molecule has 326 valence electrons. The molecule has 2 N–H and O–H groups in total. The molecule has 3 amide bonds. The number of aliphatic hydroxyl groups excluding tert-OH is 1. The maximum absolute atomic E-state index is 16.2. The van der Waals surface area contributed by atoms with Gasteiger partial charge in [0.25, 0.3) is 0 Å². The number of nitrogens with one attached hydrogen (secondary N) is 1. The molecule has 0 aliphatic carbocycles. The van der Waals surface area contributed by atoms with Gasteiger partial charge in [-0.1, -0.05) is 96.8 Å². The maximum atomic E-state index is 16.2. The zero-order valence-corrected chi connectivity index (χ0v) is 35.3. The van der Waals surface area contributed by atoms with Crippen molar-refractivity contribution in [2.45, 2.75) is 29.6 Å². The Morgan fingerprint density at radius 3 is 2.19 bits per heavy atom. The van der Waals surface area contributed by atoms with Crippen LogP contribution in [0.4, 0.5) is 10.5 Å². The van der Waals surface area contributed by atoms with Gasteiger partial charge in [-0.05, 0) is 65.2 Å². The van der Waals surface area contributed by atoms with E-state index in [1.54, 1.807) is 61.7 Å². The van der Waals surface area contributed by atoms with Gasteiger partial charge in [-0.3, -0.25) is 19.3 Å². The Kier molecular flexibility index (Phi) is 12.9. The van der Waals surface area contributed by atoms with Crippen LogP contribution in [0.5, 0.6) is 11.5 Å². The standard InChI is InChI=1S/C51H47N3O10/c1-4-27-52-47(56)42-44-48(57)64-45(36-15-9-6-10-16-36)43(35-13-7-5-8-14-35)54(44)46(38-17-11-12-18-41(38)62-29-28-55)51(42)39-32-34(20-19-33-21-24-37(61-3)25-22-33)23-26-40(39)53(49(51)58)50(59)63-31-30-60-2/h4-18,21-26,32,42-46,55H,1,27-31H2,2-3H3,(H,52,56). The smallest absolute Gasteiger partial charge is 0.421 e. The van der Waals surface area contributed by atoms with Crippen molar-refractivity contribution in [2.75, 3.05) is 52.1 Å². The molecule has 13 nitrogen and oxygen atoms in total. The molecule has 8 rings (SSSR count). The third kappa shape index (κ3) is 7.77. The second kappa shape index (κ2) is 19.0. The summed E-state index contributed by atoms with van der Waals surface area (Å²) in [6.45, 7) is 3.26. The highest BCUT2D eigenvalue weighted by molar-refractivity contribution is 6.23. The second-order valence-electron chi connectivity index (χ2n) is 15.4. The van der Waals surface area contributed by atoms with Gasteiger partial charge in [0.05, 0.1) is 44.0 Å². The van der Waals surface area contributed by atoms with Crippen LogP contribution in [0.3, 0.4) is 0 Å². The molecule has 3 aliphatic heterocycles. The van der Waals surface area contributed by atoms with Gasteiger partial charge in [0, 0.05) is 30.3 Å². The lowest BCUT2D eigenvalue weighted by atomic mass is 9.65. The van der Waals surface area contributed by atoms with Crippen LogP contribution in [-0.2, 0) is 34.0 Å². The van der Waals surface area contributed by atoms with Crippen LogP contribution in [0.25, 0.3) is 0 Å². The Morgan fingerprint density at radius 2 is 1.50 bits per heavy atom. The number of anilines is 1. The largest absolute Gasteiger partial charge is 0.497 e. The molecule has 3 aliphatic rings. The van der Waals surface area contributed by atoms with Crippen LogP contribution in [0, 0.1) is 17.8 Å². The first-order valence-corrected chi connectivity index (χ1v) is 20.9. The van der Waals surface area contributed by atoms with Gasteiger partial charge in [0.2, 0.25) is 11.8 Å². The Morgan fingerprint density at radius 1 is 0.828 bits per heavy atom. The van der Waals surface area contributed by atoms with E-state index in [0.29, 0.717) is 33.8 Å². The molecule has 64 heavy (non-hydrogen) atoms. The molecule has 5 aromatic rings. The summed E-state index contributed by atoms with van der Waals surface area (Å²) in [4.78, 5) is 64.0. The third-order valence-electron chi connectivity index (χ3n) is 11.9. The lowest BCUT2D eigenvalue weighted by Gasteiger charge is -2.46. The summed E-state index contributed by atoms with van der Waals surface area (Å²) in [5, 5.41) is 12.9. The zero-order chi connectivity index (χ0) is 44.8. The lowest BCUT2D eigenvalue weighted by molar-refractivity contribution is -0.178. The van der Waals surface area contributed by atoms with Crippen molar-refractivity contribution in [1.29, 1.82) is 0 Å². The number of benzene rings is 5. The molecular formula is C51H47N3O10. The van der Waals surface area contributed by atoms with Gasteiger partial charge in [-0.25, -0.2) is 9.69 Å². The fourth-order valence-corrected chi connectivity index (χ4v) is 9.31. The van der Waals surface area contributed by atoms with Crippen molar-refractivity contribution in [2.24, 2.45) is 5.92 Å². The number of rotatable bonds is 13. The van der Waals surface area contributed by atoms with Crippen molar-refractivity contribution in [3.8, 4) is 23.3 Å². The van der Waals surface area contributed by atoms with Crippen molar-refractivity contribution in [3.63, 3.8) is 0 Å². The second-order valence-corrected chi connectivity index (χ2v) is 15.4. The van der Waals surface area contributed by atoms with E-state index in [0.717, 1.165) is 10.5 Å². The number of hydrogen-bond acceptors (Lipinski definition) is 11. The number of aliphatic hydroxyl groups is 1. The fraction of sp³-hybridized carbons (Fsp3) is 0.255. The molecule has 2 fully saturated rings. The number of carbonyl (C=O) groups excluding carboxylic acids is 4.